The molecule has 0 aliphatic rings. The number of hydrogen-bond donors (Lipinski definition) is 1. The molecule has 0 radical (unpaired) electrons. The molecule has 0 aromatic heterocycles. The van der Waals surface area contributed by atoms with Crippen LogP contribution in [-0.2, 0) is 11.2 Å². The van der Waals surface area contributed by atoms with Gasteiger partial charge in [0.1, 0.15) is 23.2 Å². The molecule has 0 atom stereocenters. The number of ether oxygens (including phenoxy) is 1. The van der Waals surface area contributed by atoms with Crippen LogP contribution in [0.4, 0.5) is 10.1 Å². The van der Waals surface area contributed by atoms with Gasteiger partial charge in [-0.15, -0.1) is 0 Å². The maximum atomic E-state index is 14.2. The van der Waals surface area contributed by atoms with Crippen LogP contribution in [0.1, 0.15) is 29.2 Å². The zero-order chi connectivity index (χ0) is 23.1. The van der Waals surface area contributed by atoms with Crippen LogP contribution in [-0.4, -0.2) is 12.5 Å². The molecule has 162 valence electrons. The minimum absolute atomic E-state index is 0.0400. The third-order valence-corrected chi connectivity index (χ3v) is 5.49. The van der Waals surface area contributed by atoms with Crippen LogP contribution >= 0.6 is 15.9 Å². The highest BCUT2D eigenvalue weighted by molar-refractivity contribution is 9.10. The van der Waals surface area contributed by atoms with E-state index >= 15 is 0 Å². The molecule has 4 nitrogen and oxygen atoms in total. The third-order valence-electron chi connectivity index (χ3n) is 4.79. The number of aryl methyl sites for hydroxylation is 1. The number of carbonyl (C=O) groups is 1. The fraction of sp³-hybridized carbons (Fsp3) is 0.154. The molecule has 3 aromatic rings. The topological polar surface area (TPSA) is 62.1 Å². The second-order valence-corrected chi connectivity index (χ2v) is 8.02. The van der Waals surface area contributed by atoms with Crippen molar-refractivity contribution in [2.75, 3.05) is 11.9 Å². The Bertz CT molecular complexity index is 1200. The molecule has 0 fully saturated rings. The number of halogens is 2. The molecule has 0 unspecified atom stereocenters. The van der Waals surface area contributed by atoms with Gasteiger partial charge in [0, 0.05) is 22.1 Å². The van der Waals surface area contributed by atoms with Crippen molar-refractivity contribution in [2.45, 2.75) is 20.3 Å². The standard InChI is InChI=1S/C26H22BrFN2O2/c1-3-32-25-14-18(13-23(27)22(25)15-19-6-4-5-7-24(19)28)12-20(16-29)26(31)30-21-10-8-17(2)9-11-21/h4-14H,3,15H2,1-2H3,(H,30,31)/b20-12+. The SMILES string of the molecule is CCOc1cc(/C=C(\C#N)C(=O)Nc2ccc(C)cc2)cc(Br)c1Cc1ccccc1F. The first-order valence-corrected chi connectivity index (χ1v) is 10.9. The Morgan fingerprint density at radius 2 is 1.91 bits per heavy atom. The van der Waals surface area contributed by atoms with Crippen LogP contribution in [0, 0.1) is 24.1 Å². The quantitative estimate of drug-likeness (QED) is 0.305. The molecule has 3 rings (SSSR count). The molecular formula is C26H22BrFN2O2. The average molecular weight is 493 g/mol. The second-order valence-electron chi connectivity index (χ2n) is 7.17. The Labute approximate surface area is 195 Å². The van der Waals surface area contributed by atoms with E-state index in [4.69, 9.17) is 4.74 Å². The molecule has 0 aliphatic heterocycles. The number of benzene rings is 3. The minimum Gasteiger partial charge on any atom is -0.494 e. The minimum atomic E-state index is -0.499. The molecule has 3 aromatic carbocycles. The van der Waals surface area contributed by atoms with E-state index in [0.29, 0.717) is 40.1 Å². The molecule has 6 heteroatoms. The largest absolute Gasteiger partial charge is 0.494 e. The highest BCUT2D eigenvalue weighted by atomic mass is 79.9. The number of nitrogens with one attached hydrogen (secondary N) is 1. The van der Waals surface area contributed by atoms with Gasteiger partial charge in [-0.25, -0.2) is 4.39 Å². The summed E-state index contributed by atoms with van der Waals surface area (Å²) < 4.78 is 20.7. The zero-order valence-electron chi connectivity index (χ0n) is 17.8. The highest BCUT2D eigenvalue weighted by Gasteiger charge is 2.15. The lowest BCUT2D eigenvalue weighted by Gasteiger charge is -2.14. The van der Waals surface area contributed by atoms with Crippen molar-refractivity contribution in [3.05, 3.63) is 98.8 Å². The van der Waals surface area contributed by atoms with Crippen LogP contribution in [0.3, 0.4) is 0 Å². The smallest absolute Gasteiger partial charge is 0.266 e. The molecule has 1 amide bonds. The monoisotopic (exact) mass is 492 g/mol. The lowest BCUT2D eigenvalue weighted by molar-refractivity contribution is -0.112. The van der Waals surface area contributed by atoms with E-state index in [1.807, 2.05) is 32.0 Å². The molecule has 0 saturated carbocycles. The Balaban J connectivity index is 1.91. The van der Waals surface area contributed by atoms with Crippen LogP contribution in [0.2, 0.25) is 0 Å². The van der Waals surface area contributed by atoms with E-state index in [-0.39, 0.29) is 11.4 Å². The summed E-state index contributed by atoms with van der Waals surface area (Å²) >= 11 is 3.54. The van der Waals surface area contributed by atoms with E-state index in [2.05, 4.69) is 21.2 Å². The number of nitriles is 1. The van der Waals surface area contributed by atoms with Gasteiger partial charge in [0.2, 0.25) is 0 Å². The fourth-order valence-electron chi connectivity index (χ4n) is 3.15. The van der Waals surface area contributed by atoms with Gasteiger partial charge in [-0.2, -0.15) is 5.26 Å². The van der Waals surface area contributed by atoms with Crippen molar-refractivity contribution < 1.29 is 13.9 Å². The van der Waals surface area contributed by atoms with E-state index in [1.54, 1.807) is 42.5 Å². The predicted molar refractivity (Wildman–Crippen MR) is 128 cm³/mol. The second kappa shape index (κ2) is 10.7. The molecule has 0 spiro atoms. The first-order chi connectivity index (χ1) is 15.4. The van der Waals surface area contributed by atoms with E-state index < -0.39 is 5.91 Å². The van der Waals surface area contributed by atoms with Gasteiger partial charge in [-0.1, -0.05) is 51.8 Å². The van der Waals surface area contributed by atoms with Gasteiger partial charge in [0.05, 0.1) is 6.61 Å². The predicted octanol–water partition coefficient (Wildman–Crippen LogP) is 6.43. The van der Waals surface area contributed by atoms with Gasteiger partial charge in [0.25, 0.3) is 5.91 Å². The van der Waals surface area contributed by atoms with Crippen LogP contribution in [0.25, 0.3) is 6.08 Å². The molecule has 0 saturated heterocycles. The van der Waals surface area contributed by atoms with Crippen LogP contribution < -0.4 is 10.1 Å². The average Bonchev–Trinajstić information content (AvgIpc) is 2.77. The molecular weight excluding hydrogens is 471 g/mol. The molecule has 0 aliphatic carbocycles. The van der Waals surface area contributed by atoms with E-state index in [0.717, 1.165) is 11.1 Å². The highest BCUT2D eigenvalue weighted by Crippen LogP contribution is 2.33. The van der Waals surface area contributed by atoms with Crippen molar-refractivity contribution in [1.29, 1.82) is 5.26 Å². The Morgan fingerprint density at radius 3 is 2.56 bits per heavy atom. The van der Waals surface area contributed by atoms with E-state index in [9.17, 15) is 14.4 Å². The lowest BCUT2D eigenvalue weighted by Crippen LogP contribution is -2.13. The van der Waals surface area contributed by atoms with Crippen LogP contribution in [0.15, 0.2) is 70.7 Å². The molecule has 0 heterocycles. The Hall–Kier alpha value is -3.43. The summed E-state index contributed by atoms with van der Waals surface area (Å²) in [4.78, 5) is 12.6. The maximum absolute atomic E-state index is 14.2. The number of hydrogen-bond acceptors (Lipinski definition) is 3. The Morgan fingerprint density at radius 1 is 1.19 bits per heavy atom. The number of carbonyl (C=O) groups excluding carboxylic acids is 1. The van der Waals surface area contributed by atoms with E-state index in [1.165, 1.54) is 12.1 Å². The van der Waals surface area contributed by atoms with Gasteiger partial charge >= 0.3 is 0 Å². The number of rotatable bonds is 7. The first kappa shape index (κ1) is 23.2. The summed E-state index contributed by atoms with van der Waals surface area (Å²) in [6.45, 7) is 4.23. The van der Waals surface area contributed by atoms with Crippen molar-refractivity contribution in [3.63, 3.8) is 0 Å². The van der Waals surface area contributed by atoms with Crippen molar-refractivity contribution in [2.24, 2.45) is 0 Å². The van der Waals surface area contributed by atoms with Crippen LogP contribution in [0.5, 0.6) is 5.75 Å². The number of amides is 1. The fourth-order valence-corrected chi connectivity index (χ4v) is 3.75. The summed E-state index contributed by atoms with van der Waals surface area (Å²) in [5, 5.41) is 12.3. The number of anilines is 1. The van der Waals surface area contributed by atoms with Gasteiger partial charge in [-0.3, -0.25) is 4.79 Å². The van der Waals surface area contributed by atoms with Gasteiger partial charge in [-0.05, 0) is 61.4 Å². The molecule has 0 bridgehead atoms. The van der Waals surface area contributed by atoms with Gasteiger partial charge < -0.3 is 10.1 Å². The molecule has 32 heavy (non-hydrogen) atoms. The van der Waals surface area contributed by atoms with Crippen molar-refractivity contribution >= 4 is 33.6 Å². The first-order valence-electron chi connectivity index (χ1n) is 10.1. The van der Waals surface area contributed by atoms with Crippen molar-refractivity contribution in [1.82, 2.24) is 0 Å². The normalized spacial score (nSPS) is 11.0. The third kappa shape index (κ3) is 5.83. The molecule has 1 N–H and O–H groups in total. The Kier molecular flexibility index (Phi) is 7.80. The van der Waals surface area contributed by atoms with Gasteiger partial charge in [0.15, 0.2) is 0 Å². The van der Waals surface area contributed by atoms with Crippen molar-refractivity contribution in [3.8, 4) is 11.8 Å². The zero-order valence-corrected chi connectivity index (χ0v) is 19.4. The summed E-state index contributed by atoms with van der Waals surface area (Å²) in [5.41, 5.74) is 3.60. The summed E-state index contributed by atoms with van der Waals surface area (Å²) in [5.74, 6) is -0.223. The summed E-state index contributed by atoms with van der Waals surface area (Å²) in [6.07, 6.45) is 1.84. The summed E-state index contributed by atoms with van der Waals surface area (Å²) in [6, 6.07) is 19.4. The summed E-state index contributed by atoms with van der Waals surface area (Å²) in [7, 11) is 0. The maximum Gasteiger partial charge on any atom is 0.266 e. The number of nitrogens with zero attached hydrogens (tertiary/aromatic N) is 1. The lowest BCUT2D eigenvalue weighted by atomic mass is 10.0.